The predicted octanol–water partition coefficient (Wildman–Crippen LogP) is 1.14. The van der Waals surface area contributed by atoms with Gasteiger partial charge in [-0.15, -0.1) is 0 Å². The quantitative estimate of drug-likeness (QED) is 0.709. The Balaban J connectivity index is 1.75. The van der Waals surface area contributed by atoms with Crippen LogP contribution < -0.4 is 11.1 Å². The molecule has 0 aliphatic carbocycles. The molecule has 1 saturated heterocycles. The van der Waals surface area contributed by atoms with Gasteiger partial charge in [0.25, 0.3) is 0 Å². The maximum atomic E-state index is 11.2. The Hall–Kier alpha value is -1.89. The maximum Gasteiger partial charge on any atom is 0.335 e. The number of aromatic nitrogens is 1. The second-order valence-corrected chi connectivity index (χ2v) is 6.37. The first-order valence-electron chi connectivity index (χ1n) is 8.67. The van der Waals surface area contributed by atoms with E-state index in [9.17, 15) is 9.90 Å². The molecule has 6 heteroatoms. The van der Waals surface area contributed by atoms with E-state index in [0.717, 1.165) is 56.5 Å². The molecule has 24 heavy (non-hydrogen) atoms. The number of carboxylic acid groups (broad SMARTS) is 1. The van der Waals surface area contributed by atoms with Crippen LogP contribution >= 0.6 is 0 Å². The molecule has 0 spiro atoms. The van der Waals surface area contributed by atoms with Gasteiger partial charge in [0.05, 0.1) is 5.56 Å². The van der Waals surface area contributed by atoms with E-state index < -0.39 is 5.97 Å². The number of rotatable bonds is 7. The normalized spacial score (nSPS) is 15.9. The highest BCUT2D eigenvalue weighted by Crippen LogP contribution is 2.24. The van der Waals surface area contributed by atoms with Gasteiger partial charge in [0.2, 0.25) is 0 Å². The number of aromatic carboxylic acids is 1. The van der Waals surface area contributed by atoms with Crippen LogP contribution in [-0.4, -0.2) is 59.8 Å². The van der Waals surface area contributed by atoms with Crippen LogP contribution in [0.5, 0.6) is 0 Å². The van der Waals surface area contributed by atoms with E-state index in [1.165, 1.54) is 5.56 Å². The molecule has 2 aromatic rings. The summed E-state index contributed by atoms with van der Waals surface area (Å²) in [6.45, 7) is 6.76. The lowest BCUT2D eigenvalue weighted by Gasteiger charge is -2.26. The Labute approximate surface area is 142 Å². The molecule has 1 aliphatic heterocycles. The summed E-state index contributed by atoms with van der Waals surface area (Å²) in [4.78, 5) is 13.7. The summed E-state index contributed by atoms with van der Waals surface area (Å²) in [7, 11) is 0. The molecule has 0 saturated carbocycles. The van der Waals surface area contributed by atoms with Crippen LogP contribution in [0, 0.1) is 0 Å². The molecule has 1 aromatic carbocycles. The molecule has 0 bridgehead atoms. The van der Waals surface area contributed by atoms with Crippen LogP contribution in [0.15, 0.2) is 24.4 Å². The number of carboxylic acids is 1. The van der Waals surface area contributed by atoms with Gasteiger partial charge in [0, 0.05) is 56.4 Å². The zero-order valence-electron chi connectivity index (χ0n) is 14.0. The van der Waals surface area contributed by atoms with Crippen LogP contribution in [0.25, 0.3) is 10.9 Å². The zero-order chi connectivity index (χ0) is 16.9. The van der Waals surface area contributed by atoms with Crippen molar-refractivity contribution in [2.24, 2.45) is 5.73 Å². The molecule has 0 atom stereocenters. The molecule has 3 rings (SSSR count). The lowest BCUT2D eigenvalue weighted by Crippen LogP contribution is -2.43. The summed E-state index contributed by atoms with van der Waals surface area (Å²) in [6, 6.07) is 5.39. The maximum absolute atomic E-state index is 11.2. The molecule has 0 amide bonds. The van der Waals surface area contributed by atoms with Crippen LogP contribution in [0.4, 0.5) is 0 Å². The van der Waals surface area contributed by atoms with Gasteiger partial charge < -0.3 is 25.6 Å². The van der Waals surface area contributed by atoms with E-state index in [0.29, 0.717) is 18.7 Å². The van der Waals surface area contributed by atoms with Gasteiger partial charge in [0.1, 0.15) is 0 Å². The summed E-state index contributed by atoms with van der Waals surface area (Å²) in [6.07, 6.45) is 4.26. The van der Waals surface area contributed by atoms with Crippen molar-refractivity contribution in [3.8, 4) is 0 Å². The number of fused-ring (bicyclic) bond motifs is 1. The Bertz CT molecular complexity index is 704. The highest BCUT2D eigenvalue weighted by atomic mass is 16.4. The zero-order valence-corrected chi connectivity index (χ0v) is 14.0. The molecule has 2 heterocycles. The molecule has 130 valence electrons. The van der Waals surface area contributed by atoms with E-state index >= 15 is 0 Å². The van der Waals surface area contributed by atoms with Crippen molar-refractivity contribution < 1.29 is 9.90 Å². The Morgan fingerprint density at radius 1 is 1.25 bits per heavy atom. The van der Waals surface area contributed by atoms with E-state index in [4.69, 9.17) is 5.73 Å². The summed E-state index contributed by atoms with van der Waals surface area (Å²) >= 11 is 0. The van der Waals surface area contributed by atoms with Gasteiger partial charge in [-0.1, -0.05) is 6.07 Å². The number of nitrogens with one attached hydrogen (secondary N) is 1. The smallest absolute Gasteiger partial charge is 0.335 e. The molecule has 1 aromatic heterocycles. The SMILES string of the molecule is NCCn1cc(CCCN2CCNCC2)c2ccc(C(=O)O)cc21. The monoisotopic (exact) mass is 330 g/mol. The summed E-state index contributed by atoms with van der Waals surface area (Å²) < 4.78 is 2.09. The third kappa shape index (κ3) is 3.77. The minimum Gasteiger partial charge on any atom is -0.478 e. The van der Waals surface area contributed by atoms with Crippen LogP contribution in [0.3, 0.4) is 0 Å². The first-order chi connectivity index (χ1) is 11.7. The summed E-state index contributed by atoms with van der Waals surface area (Å²) in [5.74, 6) is -0.891. The molecular weight excluding hydrogens is 304 g/mol. The standard InChI is InChI=1S/C18H26N4O2/c19-5-9-22-13-15(2-1-8-21-10-6-20-7-11-21)16-4-3-14(18(23)24)12-17(16)22/h3-4,12-13,20H,1-2,5-11,19H2,(H,23,24). The van der Waals surface area contributed by atoms with Gasteiger partial charge in [-0.2, -0.15) is 0 Å². The van der Waals surface area contributed by atoms with Gasteiger partial charge in [-0.05, 0) is 37.1 Å². The van der Waals surface area contributed by atoms with Crippen molar-refractivity contribution in [3.05, 3.63) is 35.5 Å². The number of hydrogen-bond acceptors (Lipinski definition) is 4. The largest absolute Gasteiger partial charge is 0.478 e. The van der Waals surface area contributed by atoms with E-state index in [2.05, 4.69) is 21.0 Å². The van der Waals surface area contributed by atoms with Crippen molar-refractivity contribution in [2.75, 3.05) is 39.3 Å². The number of carbonyl (C=O) groups is 1. The Morgan fingerprint density at radius 3 is 2.75 bits per heavy atom. The van der Waals surface area contributed by atoms with Crippen molar-refractivity contribution in [3.63, 3.8) is 0 Å². The molecule has 0 unspecified atom stereocenters. The second kappa shape index (κ2) is 7.79. The number of benzene rings is 1. The highest BCUT2D eigenvalue weighted by molar-refractivity contribution is 5.94. The third-order valence-corrected chi connectivity index (χ3v) is 4.71. The second-order valence-electron chi connectivity index (χ2n) is 6.37. The van der Waals surface area contributed by atoms with Gasteiger partial charge >= 0.3 is 5.97 Å². The third-order valence-electron chi connectivity index (χ3n) is 4.71. The lowest BCUT2D eigenvalue weighted by molar-refractivity contribution is 0.0697. The number of hydrogen-bond donors (Lipinski definition) is 3. The van der Waals surface area contributed by atoms with Crippen LogP contribution in [0.1, 0.15) is 22.3 Å². The van der Waals surface area contributed by atoms with Crippen molar-refractivity contribution >= 4 is 16.9 Å². The highest BCUT2D eigenvalue weighted by Gasteiger charge is 2.13. The molecule has 0 radical (unpaired) electrons. The van der Waals surface area contributed by atoms with Crippen LogP contribution in [-0.2, 0) is 13.0 Å². The van der Waals surface area contributed by atoms with E-state index in [-0.39, 0.29) is 0 Å². The number of nitrogens with zero attached hydrogens (tertiary/aromatic N) is 2. The lowest BCUT2D eigenvalue weighted by atomic mass is 10.1. The molecule has 4 N–H and O–H groups in total. The number of aryl methyl sites for hydroxylation is 1. The first-order valence-corrected chi connectivity index (χ1v) is 8.67. The van der Waals surface area contributed by atoms with Crippen molar-refractivity contribution in [2.45, 2.75) is 19.4 Å². The van der Waals surface area contributed by atoms with E-state index in [1.54, 1.807) is 12.1 Å². The summed E-state index contributed by atoms with van der Waals surface area (Å²) in [5.41, 5.74) is 8.28. The van der Waals surface area contributed by atoms with Crippen molar-refractivity contribution in [1.29, 1.82) is 0 Å². The first kappa shape index (κ1) is 17.0. The Kier molecular flexibility index (Phi) is 5.50. The fourth-order valence-corrected chi connectivity index (χ4v) is 3.45. The van der Waals surface area contributed by atoms with Crippen LogP contribution in [0.2, 0.25) is 0 Å². The topological polar surface area (TPSA) is 83.5 Å². The van der Waals surface area contributed by atoms with Gasteiger partial charge in [-0.3, -0.25) is 0 Å². The fraction of sp³-hybridized carbons (Fsp3) is 0.500. The average Bonchev–Trinajstić information content (AvgIpc) is 2.93. The predicted molar refractivity (Wildman–Crippen MR) is 95.6 cm³/mol. The number of piperazine rings is 1. The fourth-order valence-electron chi connectivity index (χ4n) is 3.45. The van der Waals surface area contributed by atoms with Gasteiger partial charge in [0.15, 0.2) is 0 Å². The molecule has 6 nitrogen and oxygen atoms in total. The van der Waals surface area contributed by atoms with E-state index in [1.807, 2.05) is 6.07 Å². The minimum absolute atomic E-state index is 0.325. The van der Waals surface area contributed by atoms with Gasteiger partial charge in [-0.25, -0.2) is 4.79 Å². The Morgan fingerprint density at radius 2 is 2.04 bits per heavy atom. The van der Waals surface area contributed by atoms with Crippen molar-refractivity contribution in [1.82, 2.24) is 14.8 Å². The number of nitrogens with two attached hydrogens (primary N) is 1. The average molecular weight is 330 g/mol. The minimum atomic E-state index is -0.891. The molecule has 1 aliphatic rings. The molecular formula is C18H26N4O2. The molecule has 1 fully saturated rings. The summed E-state index contributed by atoms with van der Waals surface area (Å²) in [5, 5.41) is 13.7.